The van der Waals surface area contributed by atoms with Crippen LogP contribution >= 0.6 is 0 Å². The third kappa shape index (κ3) is 9.90. The second-order valence-corrected chi connectivity index (χ2v) is 14.3. The van der Waals surface area contributed by atoms with Gasteiger partial charge >= 0.3 is 7.12 Å². The zero-order chi connectivity index (χ0) is 31.8. The second-order valence-electron chi connectivity index (χ2n) is 14.3. The van der Waals surface area contributed by atoms with Crippen LogP contribution in [0.25, 0.3) is 0 Å². The lowest BCUT2D eigenvalue weighted by molar-refractivity contribution is -0.525. The van der Waals surface area contributed by atoms with Gasteiger partial charge in [-0.15, -0.1) is 0 Å². The Kier molecular flexibility index (Phi) is 14.6. The molecule has 252 valence electrons. The molecule has 4 fully saturated rings. The minimum Gasteiger partial charge on any atom is -0.404 e. The summed E-state index contributed by atoms with van der Waals surface area (Å²) >= 11 is 0. The molecule has 0 radical (unpaired) electrons. The largest absolute Gasteiger partial charge is 0.481 e. The van der Waals surface area contributed by atoms with E-state index >= 15 is 0 Å². The molecule has 0 spiro atoms. The van der Waals surface area contributed by atoms with Gasteiger partial charge in [0.15, 0.2) is 5.03 Å². The number of nitrogens with zero attached hydrogens (tertiary/aromatic N) is 2. The number of hydrogen-bond acceptors (Lipinski definition) is 7. The Morgan fingerprint density at radius 2 is 1.80 bits per heavy atom. The van der Waals surface area contributed by atoms with E-state index in [-0.39, 0.29) is 61.1 Å². The molecule has 11 nitrogen and oxygen atoms in total. The zero-order valence-electron chi connectivity index (χ0n) is 27.4. The number of nitro groups is 1. The maximum absolute atomic E-state index is 13.8. The molecule has 1 saturated heterocycles. The van der Waals surface area contributed by atoms with Gasteiger partial charge in [-0.1, -0.05) is 79.6 Å². The summed E-state index contributed by atoms with van der Waals surface area (Å²) in [5.74, 6) is 0.121. The highest BCUT2D eigenvalue weighted by molar-refractivity contribution is 6.47. The van der Waals surface area contributed by atoms with Crippen LogP contribution in [0, 0.1) is 39.2 Å². The number of rotatable bonds is 19. The molecule has 6 atom stereocenters. The number of amides is 1. The minimum absolute atomic E-state index is 0. The van der Waals surface area contributed by atoms with Gasteiger partial charge in [0.2, 0.25) is 5.91 Å². The standard InChI is InChI=1S/C31H56BN5O6.CH4/c1-7-8-9-10-11-12-15-24(38)18-22(14-13-16-34-29(33)36-37(40)41)28(39)35-27(17-21(2)3)32-42-26-20-23-19-25(30(23,4)5)31(26,6)43-32;/h21-23,25-27H,7-20H2,1-6H3,(H,35,39)(H3,33,34,36);1H4/t22-,23+,25+,26-,27+,31+;/m1./s1. The number of Topliss-reactive ketones (excluding diaryl/α,β-unsaturated/α-hetero) is 1. The molecular formula is C32H60BN5O6. The van der Waals surface area contributed by atoms with E-state index in [2.05, 4.69) is 51.9 Å². The van der Waals surface area contributed by atoms with Gasteiger partial charge in [-0.25, -0.2) is 15.1 Å². The van der Waals surface area contributed by atoms with Crippen molar-refractivity contribution >= 4 is 24.8 Å². The van der Waals surface area contributed by atoms with Crippen LogP contribution in [0.1, 0.15) is 132 Å². The van der Waals surface area contributed by atoms with Crippen LogP contribution in [0.2, 0.25) is 0 Å². The molecule has 0 aromatic carbocycles. The topological polar surface area (TPSA) is 158 Å². The van der Waals surface area contributed by atoms with Crippen molar-refractivity contribution in [1.82, 2.24) is 10.7 Å². The molecule has 12 heteroatoms. The monoisotopic (exact) mass is 621 g/mol. The first-order valence-corrected chi connectivity index (χ1v) is 16.6. The fourth-order valence-corrected chi connectivity index (χ4v) is 7.59. The minimum atomic E-state index is -0.765. The number of hydrazine groups is 1. The van der Waals surface area contributed by atoms with Crippen LogP contribution in [0.3, 0.4) is 0 Å². The van der Waals surface area contributed by atoms with E-state index in [0.29, 0.717) is 43.4 Å². The van der Waals surface area contributed by atoms with Gasteiger partial charge in [0.1, 0.15) is 5.78 Å². The number of ketones is 1. The maximum Gasteiger partial charge on any atom is 0.481 e. The lowest BCUT2D eigenvalue weighted by atomic mass is 9.43. The number of carbonyl (C=O) groups excluding carboxylic acids is 2. The van der Waals surface area contributed by atoms with Crippen LogP contribution in [0.5, 0.6) is 0 Å². The highest BCUT2D eigenvalue weighted by Gasteiger charge is 2.68. The van der Waals surface area contributed by atoms with E-state index in [4.69, 9.17) is 15.0 Å². The van der Waals surface area contributed by atoms with E-state index in [1.807, 2.05) is 5.43 Å². The number of hydrogen-bond donors (Lipinski definition) is 3. The Bertz CT molecular complexity index is 994. The fourth-order valence-electron chi connectivity index (χ4n) is 7.59. The van der Waals surface area contributed by atoms with Gasteiger partial charge in [0, 0.05) is 25.3 Å². The molecule has 0 aromatic heterocycles. The lowest BCUT2D eigenvalue weighted by Gasteiger charge is -2.64. The first-order valence-electron chi connectivity index (χ1n) is 16.6. The van der Waals surface area contributed by atoms with Gasteiger partial charge in [-0.05, 0) is 68.6 Å². The van der Waals surface area contributed by atoms with Crippen molar-refractivity contribution in [1.29, 1.82) is 0 Å². The number of aliphatic imine (C=N–C) groups is 1. The average Bonchev–Trinajstić information content (AvgIpc) is 3.28. The second kappa shape index (κ2) is 16.9. The maximum atomic E-state index is 13.8. The predicted molar refractivity (Wildman–Crippen MR) is 175 cm³/mol. The van der Waals surface area contributed by atoms with Gasteiger partial charge < -0.3 is 20.4 Å². The van der Waals surface area contributed by atoms with E-state index in [1.54, 1.807) is 0 Å². The first-order chi connectivity index (χ1) is 20.3. The number of nitrogens with two attached hydrogens (primary N) is 1. The number of nitrogens with one attached hydrogen (secondary N) is 2. The van der Waals surface area contributed by atoms with Crippen molar-refractivity contribution in [3.05, 3.63) is 10.1 Å². The van der Waals surface area contributed by atoms with E-state index in [9.17, 15) is 19.7 Å². The fraction of sp³-hybridized carbons (Fsp3) is 0.906. The smallest absolute Gasteiger partial charge is 0.404 e. The van der Waals surface area contributed by atoms with Crippen LogP contribution in [-0.2, 0) is 18.9 Å². The molecule has 3 saturated carbocycles. The SMILES string of the molecule is C.CCCCCCCCC(=O)C[C@@H](CCCN=C(N)N[N+](=O)[O-])C(=O)N[C@@H](CC(C)C)B1O[C@@H]2C[C@@H]3C[C@@H](C3(C)C)[C@]2(C)O1. The highest BCUT2D eigenvalue weighted by atomic mass is 16.7. The molecule has 1 heterocycles. The molecule has 4 aliphatic rings. The molecule has 4 N–H and O–H groups in total. The van der Waals surface area contributed by atoms with Gasteiger partial charge in [0.25, 0.3) is 5.96 Å². The predicted octanol–water partition coefficient (Wildman–Crippen LogP) is 5.62. The van der Waals surface area contributed by atoms with Crippen molar-refractivity contribution in [2.24, 2.45) is 39.8 Å². The number of carbonyl (C=O) groups is 2. The molecular weight excluding hydrogens is 561 g/mol. The Morgan fingerprint density at radius 1 is 1.11 bits per heavy atom. The molecule has 4 rings (SSSR count). The Labute approximate surface area is 265 Å². The van der Waals surface area contributed by atoms with Crippen LogP contribution in [-0.4, -0.2) is 54.0 Å². The summed E-state index contributed by atoms with van der Waals surface area (Å²) in [4.78, 5) is 41.3. The Hall–Kier alpha value is -2.21. The summed E-state index contributed by atoms with van der Waals surface area (Å²) in [5.41, 5.74) is 7.22. The molecule has 3 aliphatic carbocycles. The third-order valence-electron chi connectivity index (χ3n) is 10.2. The van der Waals surface area contributed by atoms with E-state index in [0.717, 1.165) is 32.1 Å². The summed E-state index contributed by atoms with van der Waals surface area (Å²) < 4.78 is 13.3. The summed E-state index contributed by atoms with van der Waals surface area (Å²) in [6, 6.07) is 0. The molecule has 44 heavy (non-hydrogen) atoms. The Morgan fingerprint density at radius 3 is 2.43 bits per heavy atom. The molecule has 1 aliphatic heterocycles. The van der Waals surface area contributed by atoms with Crippen molar-refractivity contribution in [2.45, 2.75) is 150 Å². The zero-order valence-corrected chi connectivity index (χ0v) is 27.4. The van der Waals surface area contributed by atoms with Crippen LogP contribution in [0.15, 0.2) is 4.99 Å². The van der Waals surface area contributed by atoms with Crippen molar-refractivity contribution < 1.29 is 23.9 Å². The Balaban J connectivity index is 0.00000675. The summed E-state index contributed by atoms with van der Waals surface area (Å²) in [7, 11) is -0.534. The van der Waals surface area contributed by atoms with E-state index in [1.165, 1.54) is 19.3 Å². The molecule has 2 bridgehead atoms. The first kappa shape index (κ1) is 38.0. The quantitative estimate of drug-likeness (QED) is 0.0419. The molecule has 0 aromatic rings. The summed E-state index contributed by atoms with van der Waals surface area (Å²) in [5, 5.41) is 13.1. The van der Waals surface area contributed by atoms with Gasteiger partial charge in [-0.3, -0.25) is 9.59 Å². The van der Waals surface area contributed by atoms with Crippen molar-refractivity contribution in [2.75, 3.05) is 6.54 Å². The van der Waals surface area contributed by atoms with Crippen LogP contribution < -0.4 is 16.5 Å². The highest BCUT2D eigenvalue weighted by Crippen LogP contribution is 2.65. The summed E-state index contributed by atoms with van der Waals surface area (Å²) in [6.45, 7) is 13.5. The van der Waals surface area contributed by atoms with Crippen LogP contribution in [0.4, 0.5) is 0 Å². The van der Waals surface area contributed by atoms with Gasteiger partial charge in [0.05, 0.1) is 17.6 Å². The third-order valence-corrected chi connectivity index (χ3v) is 10.2. The van der Waals surface area contributed by atoms with Gasteiger partial charge in [-0.2, -0.15) is 0 Å². The van der Waals surface area contributed by atoms with Crippen molar-refractivity contribution in [3.8, 4) is 0 Å². The van der Waals surface area contributed by atoms with Crippen molar-refractivity contribution in [3.63, 3.8) is 0 Å². The summed E-state index contributed by atoms with van der Waals surface area (Å²) in [6.07, 6.45) is 10.9. The lowest BCUT2D eigenvalue weighted by Crippen LogP contribution is -2.65. The normalized spacial score (nSPS) is 26.7. The number of unbranched alkanes of at least 4 members (excludes halogenated alkanes) is 5. The number of guanidine groups is 1. The molecule has 1 amide bonds. The average molecular weight is 622 g/mol. The van der Waals surface area contributed by atoms with E-state index < -0.39 is 18.1 Å². The molecule has 0 unspecified atom stereocenters.